The molecular weight excluding hydrogens is 116 g/mol. The second kappa shape index (κ2) is 2.68. The second-order valence-corrected chi connectivity index (χ2v) is 2.13. The van der Waals surface area contributed by atoms with Gasteiger partial charge in [-0.15, -0.1) is 0 Å². The van der Waals surface area contributed by atoms with Crippen LogP contribution in [0.25, 0.3) is 0 Å². The summed E-state index contributed by atoms with van der Waals surface area (Å²) in [7, 11) is 0. The Morgan fingerprint density at radius 2 is 2.56 bits per heavy atom. The lowest BCUT2D eigenvalue weighted by Crippen LogP contribution is -2.27. The summed E-state index contributed by atoms with van der Waals surface area (Å²) < 4.78 is 0. The Hall–Kier alpha value is -0.770. The minimum atomic E-state index is 0.315. The van der Waals surface area contributed by atoms with Crippen molar-refractivity contribution in [2.75, 3.05) is 13.1 Å². The summed E-state index contributed by atoms with van der Waals surface area (Å²) in [6.45, 7) is 1.53. The van der Waals surface area contributed by atoms with E-state index in [1.807, 2.05) is 0 Å². The van der Waals surface area contributed by atoms with Crippen molar-refractivity contribution in [2.24, 2.45) is 16.5 Å². The number of hydrogen-bond donors (Lipinski definition) is 3. The minimum Gasteiger partial charge on any atom is -0.370 e. The van der Waals surface area contributed by atoms with Crippen molar-refractivity contribution in [3.05, 3.63) is 0 Å². The summed E-state index contributed by atoms with van der Waals surface area (Å²) in [5.74, 6) is 0.549. The molecule has 0 aromatic rings. The van der Waals surface area contributed by atoms with Crippen molar-refractivity contribution < 1.29 is 0 Å². The van der Waals surface area contributed by atoms with Gasteiger partial charge in [0.2, 0.25) is 0 Å². The number of nitrogens with one attached hydrogen (secondary N) is 1. The van der Waals surface area contributed by atoms with Gasteiger partial charge in [0.05, 0.1) is 6.04 Å². The molecule has 1 rings (SSSR count). The molecule has 0 aromatic heterocycles. The highest BCUT2D eigenvalue weighted by Gasteiger charge is 2.12. The first-order valence-corrected chi connectivity index (χ1v) is 3.10. The maximum absolute atomic E-state index is 5.35. The van der Waals surface area contributed by atoms with E-state index in [2.05, 4.69) is 10.3 Å². The fourth-order valence-electron chi connectivity index (χ4n) is 0.869. The summed E-state index contributed by atoms with van der Waals surface area (Å²) in [5.41, 5.74) is 10.7. The fourth-order valence-corrected chi connectivity index (χ4v) is 0.869. The van der Waals surface area contributed by atoms with E-state index < -0.39 is 0 Å². The van der Waals surface area contributed by atoms with Gasteiger partial charge >= 0.3 is 0 Å². The standard InChI is InChI=1S/C5H12N4/c6-2-1-4-3-8-5(7)9-4/h4H,1-3,6H2,(H3,7,8,9)/t4-/m1/s1. The molecule has 0 bridgehead atoms. The first-order valence-electron chi connectivity index (χ1n) is 3.10. The maximum atomic E-state index is 5.35. The van der Waals surface area contributed by atoms with Crippen LogP contribution in [0.4, 0.5) is 0 Å². The average Bonchev–Trinajstić information content (AvgIpc) is 2.17. The Labute approximate surface area is 54.3 Å². The molecular formula is C5H12N4. The van der Waals surface area contributed by atoms with Crippen molar-refractivity contribution in [3.63, 3.8) is 0 Å². The van der Waals surface area contributed by atoms with E-state index in [4.69, 9.17) is 11.5 Å². The predicted molar refractivity (Wildman–Crippen MR) is 37.1 cm³/mol. The quantitative estimate of drug-likeness (QED) is 0.429. The van der Waals surface area contributed by atoms with Crippen molar-refractivity contribution in [1.29, 1.82) is 0 Å². The summed E-state index contributed by atoms with van der Waals surface area (Å²) in [4.78, 5) is 4.08. The lowest BCUT2D eigenvalue weighted by atomic mass is 10.2. The highest BCUT2D eigenvalue weighted by atomic mass is 15.2. The fraction of sp³-hybridized carbons (Fsp3) is 0.800. The molecule has 0 saturated carbocycles. The van der Waals surface area contributed by atoms with Crippen LogP contribution in [0.2, 0.25) is 0 Å². The molecule has 0 amide bonds. The third-order valence-electron chi connectivity index (χ3n) is 1.34. The molecule has 0 saturated heterocycles. The molecule has 0 fully saturated rings. The van der Waals surface area contributed by atoms with Gasteiger partial charge in [0.25, 0.3) is 0 Å². The van der Waals surface area contributed by atoms with Crippen LogP contribution in [-0.2, 0) is 0 Å². The number of nitrogens with zero attached hydrogens (tertiary/aromatic N) is 1. The normalized spacial score (nSPS) is 25.4. The Morgan fingerprint density at radius 3 is 3.00 bits per heavy atom. The van der Waals surface area contributed by atoms with Gasteiger partial charge in [-0.3, -0.25) is 0 Å². The molecule has 0 aliphatic carbocycles. The van der Waals surface area contributed by atoms with Gasteiger partial charge < -0.3 is 16.8 Å². The van der Waals surface area contributed by atoms with Gasteiger partial charge in [0.15, 0.2) is 5.96 Å². The summed E-state index contributed by atoms with van der Waals surface area (Å²) in [5, 5.41) is 2.93. The van der Waals surface area contributed by atoms with E-state index >= 15 is 0 Å². The summed E-state index contributed by atoms with van der Waals surface area (Å²) in [6, 6.07) is 0.315. The number of hydrogen-bond acceptors (Lipinski definition) is 4. The second-order valence-electron chi connectivity index (χ2n) is 2.13. The zero-order valence-electron chi connectivity index (χ0n) is 5.30. The first-order chi connectivity index (χ1) is 4.33. The highest BCUT2D eigenvalue weighted by Crippen LogP contribution is 1.98. The smallest absolute Gasteiger partial charge is 0.189 e. The monoisotopic (exact) mass is 128 g/mol. The van der Waals surface area contributed by atoms with Crippen LogP contribution >= 0.6 is 0 Å². The molecule has 5 N–H and O–H groups in total. The van der Waals surface area contributed by atoms with Crippen molar-refractivity contribution in [2.45, 2.75) is 12.5 Å². The molecule has 1 aliphatic heterocycles. The van der Waals surface area contributed by atoms with Crippen LogP contribution in [0.5, 0.6) is 0 Å². The SMILES string of the molecule is NCC[C@@H]1CNC(N)=N1. The Balaban J connectivity index is 2.29. The van der Waals surface area contributed by atoms with Crippen LogP contribution in [0.15, 0.2) is 4.99 Å². The lowest BCUT2D eigenvalue weighted by molar-refractivity contribution is 0.644. The van der Waals surface area contributed by atoms with Gasteiger partial charge in [-0.1, -0.05) is 0 Å². The largest absolute Gasteiger partial charge is 0.370 e. The van der Waals surface area contributed by atoms with Crippen LogP contribution in [0, 0.1) is 0 Å². The Kier molecular flexibility index (Phi) is 1.89. The highest BCUT2D eigenvalue weighted by molar-refractivity contribution is 5.79. The summed E-state index contributed by atoms with van der Waals surface area (Å²) in [6.07, 6.45) is 0.924. The van der Waals surface area contributed by atoms with E-state index in [1.165, 1.54) is 0 Å². The van der Waals surface area contributed by atoms with Gasteiger partial charge in [-0.05, 0) is 13.0 Å². The number of aliphatic imine (C=N–C) groups is 1. The summed E-state index contributed by atoms with van der Waals surface area (Å²) >= 11 is 0. The van der Waals surface area contributed by atoms with Crippen LogP contribution in [0.1, 0.15) is 6.42 Å². The van der Waals surface area contributed by atoms with Gasteiger partial charge in [-0.2, -0.15) is 0 Å². The molecule has 0 unspecified atom stereocenters. The topological polar surface area (TPSA) is 76.4 Å². The average molecular weight is 128 g/mol. The molecule has 52 valence electrons. The molecule has 0 spiro atoms. The van der Waals surface area contributed by atoms with Crippen molar-refractivity contribution >= 4 is 5.96 Å². The number of nitrogens with two attached hydrogens (primary N) is 2. The van der Waals surface area contributed by atoms with Crippen LogP contribution in [-0.4, -0.2) is 25.1 Å². The van der Waals surface area contributed by atoms with Gasteiger partial charge in [0.1, 0.15) is 0 Å². The zero-order valence-corrected chi connectivity index (χ0v) is 5.30. The Morgan fingerprint density at radius 1 is 1.78 bits per heavy atom. The molecule has 9 heavy (non-hydrogen) atoms. The minimum absolute atomic E-state index is 0.315. The van der Waals surface area contributed by atoms with E-state index in [0.717, 1.165) is 13.0 Å². The first kappa shape index (κ1) is 6.35. The molecule has 1 atom stereocenters. The van der Waals surface area contributed by atoms with Crippen LogP contribution < -0.4 is 16.8 Å². The number of guanidine groups is 1. The predicted octanol–water partition coefficient (Wildman–Crippen LogP) is -1.38. The van der Waals surface area contributed by atoms with Gasteiger partial charge in [-0.25, -0.2) is 4.99 Å². The molecule has 0 radical (unpaired) electrons. The van der Waals surface area contributed by atoms with Gasteiger partial charge in [0, 0.05) is 6.54 Å². The molecule has 0 aromatic carbocycles. The van der Waals surface area contributed by atoms with E-state index in [1.54, 1.807) is 0 Å². The maximum Gasteiger partial charge on any atom is 0.189 e. The van der Waals surface area contributed by atoms with E-state index in [0.29, 0.717) is 18.5 Å². The Bertz CT molecular complexity index is 120. The molecule has 4 nitrogen and oxygen atoms in total. The van der Waals surface area contributed by atoms with Crippen molar-refractivity contribution in [3.8, 4) is 0 Å². The van der Waals surface area contributed by atoms with E-state index in [9.17, 15) is 0 Å². The number of rotatable bonds is 2. The molecule has 4 heteroatoms. The zero-order chi connectivity index (χ0) is 6.69. The van der Waals surface area contributed by atoms with Crippen LogP contribution in [0.3, 0.4) is 0 Å². The molecule has 1 aliphatic rings. The van der Waals surface area contributed by atoms with Crippen molar-refractivity contribution in [1.82, 2.24) is 5.32 Å². The van der Waals surface area contributed by atoms with E-state index in [-0.39, 0.29) is 0 Å². The molecule has 1 heterocycles. The third-order valence-corrected chi connectivity index (χ3v) is 1.34. The lowest BCUT2D eigenvalue weighted by Gasteiger charge is -1.99. The third kappa shape index (κ3) is 1.57.